The molecule has 0 bridgehead atoms. The molecule has 0 saturated heterocycles. The lowest BCUT2D eigenvalue weighted by molar-refractivity contribution is -0.142. The summed E-state index contributed by atoms with van der Waals surface area (Å²) in [6.45, 7) is 5.59. The van der Waals surface area contributed by atoms with E-state index in [2.05, 4.69) is 9.97 Å². The van der Waals surface area contributed by atoms with Gasteiger partial charge >= 0.3 is 5.97 Å². The Morgan fingerprint density at radius 1 is 1.37 bits per heavy atom. The molecule has 0 aliphatic heterocycles. The van der Waals surface area contributed by atoms with Crippen LogP contribution in [0.4, 0.5) is 0 Å². The summed E-state index contributed by atoms with van der Waals surface area (Å²) in [5, 5.41) is 9.22. The lowest BCUT2D eigenvalue weighted by Gasteiger charge is -2.25. The molecule has 1 unspecified atom stereocenters. The van der Waals surface area contributed by atoms with Crippen LogP contribution >= 0.6 is 0 Å². The third-order valence-corrected chi connectivity index (χ3v) is 2.79. The number of likely N-dealkylation sites (N-methyl/N-ethyl adjacent to an activating group) is 1. The molecule has 1 rings (SSSR count). The Morgan fingerprint density at radius 2 is 2.00 bits per heavy atom. The fraction of sp³-hybridized carbons (Fsp3) is 0.538. The predicted molar refractivity (Wildman–Crippen MR) is 69.7 cm³/mol. The van der Waals surface area contributed by atoms with Gasteiger partial charge in [-0.3, -0.25) is 4.79 Å². The molecule has 1 N–H and O–H groups in total. The fourth-order valence-corrected chi connectivity index (χ4v) is 1.76. The summed E-state index contributed by atoms with van der Waals surface area (Å²) in [6, 6.07) is 0.704. The van der Waals surface area contributed by atoms with Crippen molar-refractivity contribution in [1.29, 1.82) is 0 Å². The number of aryl methyl sites for hydroxylation is 1. The molecular formula is C13H19N3O3. The number of nitrogens with zero attached hydrogens (tertiary/aromatic N) is 3. The Bertz CT molecular complexity index is 474. The number of carbonyl (C=O) groups excluding carboxylic acids is 1. The van der Waals surface area contributed by atoms with Crippen LogP contribution in [0.5, 0.6) is 0 Å². The molecule has 1 aromatic rings. The highest BCUT2D eigenvalue weighted by molar-refractivity contribution is 5.94. The summed E-state index contributed by atoms with van der Waals surface area (Å²) in [7, 11) is 1.49. The highest BCUT2D eigenvalue weighted by Gasteiger charge is 2.28. The molecule has 1 atom stereocenters. The largest absolute Gasteiger partial charge is 0.480 e. The molecule has 1 aromatic heterocycles. The van der Waals surface area contributed by atoms with E-state index in [0.717, 1.165) is 0 Å². The summed E-state index contributed by atoms with van der Waals surface area (Å²) >= 11 is 0. The first kappa shape index (κ1) is 15.1. The number of aliphatic carboxylic acids is 1. The van der Waals surface area contributed by atoms with Crippen molar-refractivity contribution < 1.29 is 14.7 Å². The minimum atomic E-state index is -1.00. The Hall–Kier alpha value is -1.98. The van der Waals surface area contributed by atoms with Crippen molar-refractivity contribution in [2.75, 3.05) is 7.05 Å². The van der Waals surface area contributed by atoms with E-state index in [4.69, 9.17) is 0 Å². The van der Waals surface area contributed by atoms with Gasteiger partial charge in [0.25, 0.3) is 5.91 Å². The average Bonchev–Trinajstić information content (AvgIpc) is 2.33. The highest BCUT2D eigenvalue weighted by atomic mass is 16.4. The Kier molecular flexibility index (Phi) is 4.97. The molecule has 19 heavy (non-hydrogen) atoms. The second-order valence-electron chi connectivity index (χ2n) is 4.94. The van der Waals surface area contributed by atoms with Crippen LogP contribution < -0.4 is 0 Å². The van der Waals surface area contributed by atoms with Crippen LogP contribution in [0.3, 0.4) is 0 Å². The topological polar surface area (TPSA) is 83.4 Å². The number of hydrogen-bond acceptors (Lipinski definition) is 4. The van der Waals surface area contributed by atoms with Crippen LogP contribution in [0, 0.1) is 12.8 Å². The zero-order chi connectivity index (χ0) is 14.6. The number of aromatic nitrogens is 2. The van der Waals surface area contributed by atoms with E-state index in [-0.39, 0.29) is 11.6 Å². The Balaban J connectivity index is 2.93. The van der Waals surface area contributed by atoms with Gasteiger partial charge in [0.1, 0.15) is 18.1 Å². The second-order valence-corrected chi connectivity index (χ2v) is 4.94. The maximum absolute atomic E-state index is 12.2. The number of amides is 1. The maximum atomic E-state index is 12.2. The number of carboxylic acids is 1. The summed E-state index contributed by atoms with van der Waals surface area (Å²) in [6.07, 6.45) is 1.70. The molecule has 0 aliphatic carbocycles. The van der Waals surface area contributed by atoms with Crippen molar-refractivity contribution in [3.8, 4) is 0 Å². The van der Waals surface area contributed by atoms with Gasteiger partial charge in [-0.1, -0.05) is 13.8 Å². The van der Waals surface area contributed by atoms with Crippen molar-refractivity contribution in [2.24, 2.45) is 5.92 Å². The van der Waals surface area contributed by atoms with Crippen LogP contribution in [-0.4, -0.2) is 44.9 Å². The van der Waals surface area contributed by atoms with E-state index >= 15 is 0 Å². The second kappa shape index (κ2) is 6.26. The predicted octanol–water partition coefficient (Wildman–Crippen LogP) is 1.36. The quantitative estimate of drug-likeness (QED) is 0.869. The van der Waals surface area contributed by atoms with Gasteiger partial charge in [0.15, 0.2) is 0 Å². The van der Waals surface area contributed by atoms with Crippen molar-refractivity contribution in [3.05, 3.63) is 23.8 Å². The Labute approximate surface area is 112 Å². The standard InChI is InChI=1S/C13H19N3O3/c1-8(2)5-11(13(18)19)16(4)12(17)10-6-9(3)14-7-15-10/h6-8,11H,5H2,1-4H3,(H,18,19). The SMILES string of the molecule is Cc1cc(C(=O)N(C)C(CC(C)C)C(=O)O)ncn1. The zero-order valence-electron chi connectivity index (χ0n) is 11.6. The minimum Gasteiger partial charge on any atom is -0.480 e. The van der Waals surface area contributed by atoms with Gasteiger partial charge in [-0.15, -0.1) is 0 Å². The van der Waals surface area contributed by atoms with E-state index < -0.39 is 17.9 Å². The first-order valence-electron chi connectivity index (χ1n) is 6.11. The zero-order valence-corrected chi connectivity index (χ0v) is 11.6. The molecule has 104 valence electrons. The lowest BCUT2D eigenvalue weighted by atomic mass is 10.0. The normalized spacial score (nSPS) is 12.3. The van der Waals surface area contributed by atoms with Crippen molar-refractivity contribution in [3.63, 3.8) is 0 Å². The van der Waals surface area contributed by atoms with Crippen molar-refractivity contribution in [2.45, 2.75) is 33.2 Å². The van der Waals surface area contributed by atoms with Gasteiger partial charge in [0, 0.05) is 12.7 Å². The van der Waals surface area contributed by atoms with E-state index in [1.54, 1.807) is 13.0 Å². The highest BCUT2D eigenvalue weighted by Crippen LogP contribution is 2.13. The van der Waals surface area contributed by atoms with Crippen LogP contribution in [-0.2, 0) is 4.79 Å². The van der Waals surface area contributed by atoms with Gasteiger partial charge in [-0.05, 0) is 25.3 Å². The molecule has 1 heterocycles. The number of carbonyl (C=O) groups is 2. The van der Waals surface area contributed by atoms with Crippen molar-refractivity contribution in [1.82, 2.24) is 14.9 Å². The third-order valence-electron chi connectivity index (χ3n) is 2.79. The molecule has 0 aliphatic rings. The Morgan fingerprint density at radius 3 is 2.47 bits per heavy atom. The summed E-state index contributed by atoms with van der Waals surface area (Å²) < 4.78 is 0. The summed E-state index contributed by atoms with van der Waals surface area (Å²) in [5.74, 6) is -1.22. The molecule has 0 aromatic carbocycles. The number of hydrogen-bond donors (Lipinski definition) is 1. The van der Waals surface area contributed by atoms with Gasteiger partial charge in [0.2, 0.25) is 0 Å². The first-order chi connectivity index (χ1) is 8.82. The molecule has 0 radical (unpaired) electrons. The molecule has 1 amide bonds. The molecule has 0 saturated carbocycles. The van der Waals surface area contributed by atoms with Gasteiger partial charge in [-0.25, -0.2) is 14.8 Å². The van der Waals surface area contributed by atoms with Crippen LogP contribution in [0.1, 0.15) is 36.5 Å². The lowest BCUT2D eigenvalue weighted by Crippen LogP contribution is -2.43. The van der Waals surface area contributed by atoms with Gasteiger partial charge in [0.05, 0.1) is 0 Å². The number of carboxylic acid groups (broad SMARTS) is 1. The van der Waals surface area contributed by atoms with Crippen molar-refractivity contribution >= 4 is 11.9 Å². The van der Waals surface area contributed by atoms with E-state index in [9.17, 15) is 14.7 Å². The molecule has 0 spiro atoms. The fourth-order valence-electron chi connectivity index (χ4n) is 1.76. The summed E-state index contributed by atoms with van der Waals surface area (Å²) in [5.41, 5.74) is 0.882. The molecule has 6 nitrogen and oxygen atoms in total. The third kappa shape index (κ3) is 4.01. The minimum absolute atomic E-state index is 0.184. The summed E-state index contributed by atoms with van der Waals surface area (Å²) in [4.78, 5) is 32.5. The molecule has 0 fully saturated rings. The maximum Gasteiger partial charge on any atom is 0.326 e. The van der Waals surface area contributed by atoms with Crippen LogP contribution in [0.25, 0.3) is 0 Å². The average molecular weight is 265 g/mol. The van der Waals surface area contributed by atoms with E-state index in [1.807, 2.05) is 13.8 Å². The van der Waals surface area contributed by atoms with Crippen LogP contribution in [0.2, 0.25) is 0 Å². The smallest absolute Gasteiger partial charge is 0.326 e. The van der Waals surface area contributed by atoms with E-state index in [1.165, 1.54) is 18.3 Å². The first-order valence-corrected chi connectivity index (χ1v) is 6.11. The van der Waals surface area contributed by atoms with Gasteiger partial charge < -0.3 is 10.0 Å². The molecular weight excluding hydrogens is 246 g/mol. The van der Waals surface area contributed by atoms with E-state index in [0.29, 0.717) is 12.1 Å². The number of rotatable bonds is 5. The van der Waals surface area contributed by atoms with Crippen LogP contribution in [0.15, 0.2) is 12.4 Å². The van der Waals surface area contributed by atoms with Gasteiger partial charge in [-0.2, -0.15) is 0 Å². The monoisotopic (exact) mass is 265 g/mol. The molecule has 6 heteroatoms.